The van der Waals surface area contributed by atoms with E-state index in [1.54, 1.807) is 13.3 Å². The molecule has 2 aliphatic rings. The van der Waals surface area contributed by atoms with Crippen LogP contribution in [0.15, 0.2) is 46.8 Å². The molecule has 0 N–H and O–H groups in total. The number of halogens is 1. The molecule has 1 aromatic carbocycles. The van der Waals surface area contributed by atoms with Crippen molar-refractivity contribution in [3.63, 3.8) is 0 Å². The van der Waals surface area contributed by atoms with Crippen molar-refractivity contribution in [3.8, 4) is 5.75 Å². The minimum absolute atomic E-state index is 0.247. The normalized spacial score (nSPS) is 27.1. The average Bonchev–Trinajstić information content (AvgIpc) is 2.96. The van der Waals surface area contributed by atoms with Gasteiger partial charge in [-0.05, 0) is 65.1 Å². The van der Waals surface area contributed by atoms with E-state index in [1.165, 1.54) is 18.4 Å². The topological polar surface area (TPSA) is 37.2 Å². The molecule has 106 valence electrons. The van der Waals surface area contributed by atoms with Gasteiger partial charge in [0.15, 0.2) is 0 Å². The summed E-state index contributed by atoms with van der Waals surface area (Å²) in [5.41, 5.74) is 1.41. The Kier molecular flexibility index (Phi) is 4.07. The Balaban J connectivity index is 1.63. The molecule has 4 nitrogen and oxygen atoms in total. The number of azo groups is 1. The highest BCUT2D eigenvalue weighted by Gasteiger charge is 2.36. The fourth-order valence-electron chi connectivity index (χ4n) is 2.85. The van der Waals surface area contributed by atoms with Gasteiger partial charge in [-0.1, -0.05) is 12.1 Å². The Labute approximate surface area is 133 Å². The van der Waals surface area contributed by atoms with Crippen LogP contribution in [0.3, 0.4) is 0 Å². The van der Waals surface area contributed by atoms with Crippen molar-refractivity contribution in [1.82, 2.24) is 4.90 Å². The van der Waals surface area contributed by atoms with E-state index in [0.717, 1.165) is 18.8 Å². The third-order valence-corrected chi connectivity index (χ3v) is 5.33. The number of hydrogen-bond acceptors (Lipinski definition) is 4. The molecule has 1 aromatic rings. The number of alkyl halides is 1. The molecule has 20 heavy (non-hydrogen) atoms. The number of likely N-dealkylation sites (tertiary alicyclic amines) is 1. The van der Waals surface area contributed by atoms with Crippen LogP contribution in [0.25, 0.3) is 0 Å². The highest BCUT2D eigenvalue weighted by Crippen LogP contribution is 2.37. The molecule has 5 heteroatoms. The maximum absolute atomic E-state index is 5.21. The summed E-state index contributed by atoms with van der Waals surface area (Å²) in [6, 6.07) is 8.48. The number of hydrogen-bond donors (Lipinski definition) is 0. The van der Waals surface area contributed by atoms with Crippen LogP contribution in [-0.2, 0) is 0 Å². The molecule has 0 aliphatic carbocycles. The SMILES string of the molecule is COc1ccc(C2CCN(C3(I)C=CN=N3)CC2)cc1. The number of ether oxygens (including phenoxy) is 1. The van der Waals surface area contributed by atoms with Gasteiger partial charge in [0, 0.05) is 19.3 Å². The molecular weight excluding hydrogens is 365 g/mol. The van der Waals surface area contributed by atoms with Gasteiger partial charge >= 0.3 is 0 Å². The van der Waals surface area contributed by atoms with E-state index in [-0.39, 0.29) is 3.67 Å². The Morgan fingerprint density at radius 1 is 1.25 bits per heavy atom. The van der Waals surface area contributed by atoms with Crippen LogP contribution in [0.5, 0.6) is 5.75 Å². The molecule has 0 saturated carbocycles. The van der Waals surface area contributed by atoms with E-state index in [2.05, 4.69) is 68.1 Å². The van der Waals surface area contributed by atoms with E-state index in [4.69, 9.17) is 4.74 Å². The van der Waals surface area contributed by atoms with Crippen LogP contribution in [0, 0.1) is 0 Å². The lowest BCUT2D eigenvalue weighted by atomic mass is 9.89. The highest BCUT2D eigenvalue weighted by atomic mass is 127. The second kappa shape index (κ2) is 5.81. The molecule has 0 aromatic heterocycles. The van der Waals surface area contributed by atoms with Gasteiger partial charge in [0.1, 0.15) is 5.75 Å². The van der Waals surface area contributed by atoms with Gasteiger partial charge in [-0.15, -0.1) is 0 Å². The Morgan fingerprint density at radius 2 is 1.95 bits per heavy atom. The molecule has 1 saturated heterocycles. The number of piperidine rings is 1. The molecule has 0 amide bonds. The first kappa shape index (κ1) is 14.0. The van der Waals surface area contributed by atoms with Crippen molar-refractivity contribution >= 4 is 22.6 Å². The maximum atomic E-state index is 5.21. The molecule has 3 rings (SSSR count). The van der Waals surface area contributed by atoms with Gasteiger partial charge in [0.05, 0.1) is 7.11 Å². The summed E-state index contributed by atoms with van der Waals surface area (Å²) in [6.07, 6.45) is 6.20. The number of nitrogens with zero attached hydrogens (tertiary/aromatic N) is 3. The van der Waals surface area contributed by atoms with Crippen LogP contribution >= 0.6 is 22.6 Å². The summed E-state index contributed by atoms with van der Waals surface area (Å²) in [4.78, 5) is 2.40. The molecule has 0 bridgehead atoms. The van der Waals surface area contributed by atoms with Crippen LogP contribution in [0.1, 0.15) is 24.3 Å². The minimum Gasteiger partial charge on any atom is -0.497 e. The first-order valence-electron chi connectivity index (χ1n) is 6.89. The van der Waals surface area contributed by atoms with Crippen molar-refractivity contribution in [2.45, 2.75) is 22.4 Å². The summed E-state index contributed by atoms with van der Waals surface area (Å²) in [7, 11) is 1.71. The first-order chi connectivity index (χ1) is 9.71. The molecule has 2 heterocycles. The second-order valence-electron chi connectivity index (χ2n) is 5.20. The minimum atomic E-state index is -0.247. The third-order valence-electron chi connectivity index (χ3n) is 4.08. The van der Waals surface area contributed by atoms with E-state index in [9.17, 15) is 0 Å². The Bertz CT molecular complexity index is 506. The summed E-state index contributed by atoms with van der Waals surface area (Å²) < 4.78 is 4.97. The van der Waals surface area contributed by atoms with Crippen molar-refractivity contribution in [1.29, 1.82) is 0 Å². The number of methoxy groups -OCH3 is 1. The molecule has 1 atom stereocenters. The molecule has 0 spiro atoms. The average molecular weight is 383 g/mol. The molecule has 0 radical (unpaired) electrons. The van der Waals surface area contributed by atoms with Gasteiger partial charge in [0.25, 0.3) is 0 Å². The maximum Gasteiger partial charge on any atom is 0.206 e. The monoisotopic (exact) mass is 383 g/mol. The van der Waals surface area contributed by atoms with E-state index < -0.39 is 0 Å². The van der Waals surface area contributed by atoms with Gasteiger partial charge in [-0.25, -0.2) is 0 Å². The molecule has 1 unspecified atom stereocenters. The lowest BCUT2D eigenvalue weighted by Crippen LogP contribution is -2.44. The lowest BCUT2D eigenvalue weighted by Gasteiger charge is -2.38. The number of benzene rings is 1. The van der Waals surface area contributed by atoms with Crippen molar-refractivity contribution in [2.24, 2.45) is 10.2 Å². The summed E-state index contributed by atoms with van der Waals surface area (Å²) in [5.74, 6) is 1.56. The van der Waals surface area contributed by atoms with Crippen LogP contribution in [0.4, 0.5) is 0 Å². The zero-order valence-corrected chi connectivity index (χ0v) is 13.7. The van der Waals surface area contributed by atoms with Gasteiger partial charge in [-0.3, -0.25) is 4.90 Å². The van der Waals surface area contributed by atoms with Crippen LogP contribution in [0.2, 0.25) is 0 Å². The summed E-state index contributed by atoms with van der Waals surface area (Å²) >= 11 is 2.38. The van der Waals surface area contributed by atoms with Gasteiger partial charge in [0.2, 0.25) is 3.67 Å². The van der Waals surface area contributed by atoms with E-state index >= 15 is 0 Å². The zero-order valence-electron chi connectivity index (χ0n) is 11.5. The van der Waals surface area contributed by atoms with Crippen molar-refractivity contribution in [2.75, 3.05) is 20.2 Å². The Morgan fingerprint density at radius 3 is 2.50 bits per heavy atom. The predicted molar refractivity (Wildman–Crippen MR) is 87.3 cm³/mol. The van der Waals surface area contributed by atoms with E-state index in [0.29, 0.717) is 5.92 Å². The first-order valence-corrected chi connectivity index (χ1v) is 7.97. The van der Waals surface area contributed by atoms with Gasteiger partial charge < -0.3 is 4.74 Å². The van der Waals surface area contributed by atoms with E-state index in [1.807, 2.05) is 0 Å². The lowest BCUT2D eigenvalue weighted by molar-refractivity contribution is 0.171. The fourth-order valence-corrected chi connectivity index (χ4v) is 3.61. The third kappa shape index (κ3) is 2.74. The predicted octanol–water partition coefficient (Wildman–Crippen LogP) is 3.94. The Hall–Kier alpha value is -0.950. The summed E-state index contributed by atoms with van der Waals surface area (Å²) in [5, 5.41) is 8.31. The standard InChI is InChI=1S/C15H18IN3O/c1-20-14-4-2-12(3-5-14)13-6-10-19(11-7-13)15(16)8-9-17-18-15/h2-5,8-9,13H,6-7,10-11H2,1H3. The van der Waals surface area contributed by atoms with Crippen molar-refractivity contribution in [3.05, 3.63) is 42.1 Å². The molecule has 2 aliphatic heterocycles. The summed E-state index contributed by atoms with van der Waals surface area (Å²) in [6.45, 7) is 2.12. The zero-order chi connectivity index (χ0) is 14.0. The molecule has 1 fully saturated rings. The highest BCUT2D eigenvalue weighted by molar-refractivity contribution is 14.1. The second-order valence-corrected chi connectivity index (χ2v) is 6.79. The van der Waals surface area contributed by atoms with Crippen molar-refractivity contribution < 1.29 is 4.74 Å². The molecular formula is C15H18IN3O. The van der Waals surface area contributed by atoms with Crippen LogP contribution in [-0.4, -0.2) is 28.8 Å². The smallest absolute Gasteiger partial charge is 0.206 e. The van der Waals surface area contributed by atoms with Gasteiger partial charge in [-0.2, -0.15) is 10.2 Å². The number of rotatable bonds is 3. The van der Waals surface area contributed by atoms with Crippen LogP contribution < -0.4 is 4.74 Å². The quantitative estimate of drug-likeness (QED) is 0.451. The largest absolute Gasteiger partial charge is 0.497 e. The fraction of sp³-hybridized carbons (Fsp3) is 0.467.